The van der Waals surface area contributed by atoms with E-state index in [1.54, 1.807) is 6.33 Å². The van der Waals surface area contributed by atoms with Gasteiger partial charge in [0, 0.05) is 50.9 Å². The van der Waals surface area contributed by atoms with Crippen LogP contribution in [0, 0.1) is 0 Å². The predicted octanol–water partition coefficient (Wildman–Crippen LogP) is 0.292. The summed E-state index contributed by atoms with van der Waals surface area (Å²) in [5.41, 5.74) is 2.55. The molecular weight excluding hydrogens is 266 g/mol. The Morgan fingerprint density at radius 2 is 2.00 bits per heavy atom. The largest absolute Gasteiger partial charge is 0.345 e. The number of piperazine rings is 1. The van der Waals surface area contributed by atoms with Gasteiger partial charge >= 0.3 is 0 Å². The van der Waals surface area contributed by atoms with Crippen molar-refractivity contribution in [1.29, 1.82) is 0 Å². The van der Waals surface area contributed by atoms with Crippen LogP contribution in [-0.2, 0) is 0 Å². The molecule has 21 heavy (non-hydrogen) atoms. The molecule has 4 rings (SSSR count). The summed E-state index contributed by atoms with van der Waals surface area (Å²) in [7, 11) is 0. The number of hydrogen-bond acceptors (Lipinski definition) is 4. The van der Waals surface area contributed by atoms with E-state index in [0.29, 0.717) is 6.04 Å². The lowest BCUT2D eigenvalue weighted by Crippen LogP contribution is -2.62. The van der Waals surface area contributed by atoms with Crippen LogP contribution in [0.25, 0.3) is 11.0 Å². The maximum Gasteiger partial charge on any atom is 0.254 e. The predicted molar refractivity (Wildman–Crippen MR) is 80.2 cm³/mol. The molecule has 1 aromatic heterocycles. The van der Waals surface area contributed by atoms with Crippen LogP contribution in [0.1, 0.15) is 10.4 Å². The van der Waals surface area contributed by atoms with Gasteiger partial charge in [0.25, 0.3) is 5.91 Å². The van der Waals surface area contributed by atoms with Gasteiger partial charge in [0.15, 0.2) is 0 Å². The van der Waals surface area contributed by atoms with Crippen molar-refractivity contribution in [2.75, 3.05) is 39.3 Å². The molecule has 1 amide bonds. The molecule has 0 radical (unpaired) electrons. The van der Waals surface area contributed by atoms with E-state index in [9.17, 15) is 4.79 Å². The summed E-state index contributed by atoms with van der Waals surface area (Å²) in [6.45, 7) is 5.76. The molecule has 2 saturated heterocycles. The number of hydrogen-bond donors (Lipinski definition) is 2. The molecule has 2 fully saturated rings. The van der Waals surface area contributed by atoms with Gasteiger partial charge in [0.1, 0.15) is 0 Å². The van der Waals surface area contributed by atoms with Crippen molar-refractivity contribution in [2.24, 2.45) is 0 Å². The Morgan fingerprint density at radius 1 is 1.19 bits per heavy atom. The summed E-state index contributed by atoms with van der Waals surface area (Å²) in [6.07, 6.45) is 1.66. The molecule has 3 heterocycles. The van der Waals surface area contributed by atoms with Gasteiger partial charge in [-0.25, -0.2) is 4.98 Å². The SMILES string of the molecule is O=C(c1ccc2nc[nH]c2c1)N1CCN(C2CNC2)CC1. The average molecular weight is 285 g/mol. The zero-order valence-electron chi connectivity index (χ0n) is 11.9. The first-order chi connectivity index (χ1) is 10.3. The first-order valence-corrected chi connectivity index (χ1v) is 7.48. The van der Waals surface area contributed by atoms with Crippen molar-refractivity contribution in [1.82, 2.24) is 25.1 Å². The zero-order chi connectivity index (χ0) is 14.2. The molecule has 0 bridgehead atoms. The van der Waals surface area contributed by atoms with Crippen LogP contribution in [0.4, 0.5) is 0 Å². The average Bonchev–Trinajstić information content (AvgIpc) is 2.93. The maximum atomic E-state index is 12.6. The molecule has 0 spiro atoms. The number of benzene rings is 1. The van der Waals surface area contributed by atoms with Gasteiger partial charge in [-0.1, -0.05) is 0 Å². The molecule has 2 aliphatic rings. The van der Waals surface area contributed by atoms with Crippen molar-refractivity contribution in [3.63, 3.8) is 0 Å². The molecule has 6 heteroatoms. The first kappa shape index (κ1) is 12.8. The lowest BCUT2D eigenvalue weighted by Gasteiger charge is -2.43. The van der Waals surface area contributed by atoms with Gasteiger partial charge in [-0.3, -0.25) is 9.69 Å². The number of aromatic nitrogens is 2. The number of H-pyrrole nitrogens is 1. The Hall–Kier alpha value is -1.92. The second kappa shape index (κ2) is 5.13. The highest BCUT2D eigenvalue weighted by atomic mass is 16.2. The fourth-order valence-electron chi connectivity index (χ4n) is 3.07. The smallest absolute Gasteiger partial charge is 0.254 e. The minimum Gasteiger partial charge on any atom is -0.345 e. The Bertz CT molecular complexity index is 655. The summed E-state index contributed by atoms with van der Waals surface area (Å²) in [5.74, 6) is 0.123. The number of fused-ring (bicyclic) bond motifs is 1. The highest BCUT2D eigenvalue weighted by Crippen LogP contribution is 2.16. The van der Waals surface area contributed by atoms with Crippen LogP contribution in [0.15, 0.2) is 24.5 Å². The van der Waals surface area contributed by atoms with Crippen molar-refractivity contribution in [3.8, 4) is 0 Å². The van der Waals surface area contributed by atoms with Gasteiger partial charge in [-0.2, -0.15) is 0 Å². The molecule has 2 aromatic rings. The van der Waals surface area contributed by atoms with E-state index >= 15 is 0 Å². The number of aromatic amines is 1. The molecule has 0 saturated carbocycles. The first-order valence-electron chi connectivity index (χ1n) is 7.48. The van der Waals surface area contributed by atoms with E-state index in [-0.39, 0.29) is 5.91 Å². The monoisotopic (exact) mass is 285 g/mol. The summed E-state index contributed by atoms with van der Waals surface area (Å²) in [4.78, 5) is 24.3. The number of nitrogens with zero attached hydrogens (tertiary/aromatic N) is 3. The Balaban J connectivity index is 1.45. The van der Waals surface area contributed by atoms with Crippen LogP contribution in [0.5, 0.6) is 0 Å². The van der Waals surface area contributed by atoms with Crippen LogP contribution >= 0.6 is 0 Å². The Morgan fingerprint density at radius 3 is 2.71 bits per heavy atom. The highest BCUT2D eigenvalue weighted by Gasteiger charge is 2.29. The normalized spacial score (nSPS) is 20.7. The third-order valence-corrected chi connectivity index (χ3v) is 4.54. The molecule has 110 valence electrons. The van der Waals surface area contributed by atoms with Crippen molar-refractivity contribution in [2.45, 2.75) is 6.04 Å². The van der Waals surface area contributed by atoms with Crippen molar-refractivity contribution < 1.29 is 4.79 Å². The number of carbonyl (C=O) groups is 1. The quantitative estimate of drug-likeness (QED) is 0.832. The fraction of sp³-hybridized carbons (Fsp3) is 0.467. The number of amides is 1. The molecule has 6 nitrogen and oxygen atoms in total. The zero-order valence-corrected chi connectivity index (χ0v) is 11.9. The van der Waals surface area contributed by atoms with Crippen molar-refractivity contribution >= 4 is 16.9 Å². The highest BCUT2D eigenvalue weighted by molar-refractivity contribution is 5.97. The maximum absolute atomic E-state index is 12.6. The Labute approximate surface area is 123 Å². The Kier molecular flexibility index (Phi) is 3.12. The summed E-state index contributed by atoms with van der Waals surface area (Å²) < 4.78 is 0. The molecule has 0 aliphatic carbocycles. The van der Waals surface area contributed by atoms with E-state index < -0.39 is 0 Å². The van der Waals surface area contributed by atoms with Gasteiger partial charge < -0.3 is 15.2 Å². The summed E-state index contributed by atoms with van der Waals surface area (Å²) >= 11 is 0. The molecular formula is C15H19N5O. The van der Waals surface area contributed by atoms with E-state index in [0.717, 1.165) is 55.9 Å². The number of imidazole rings is 1. The number of rotatable bonds is 2. The van der Waals surface area contributed by atoms with E-state index in [2.05, 4.69) is 20.2 Å². The van der Waals surface area contributed by atoms with E-state index in [1.165, 1.54) is 0 Å². The molecule has 2 aliphatic heterocycles. The molecule has 0 unspecified atom stereocenters. The number of carbonyl (C=O) groups excluding carboxylic acids is 1. The summed E-state index contributed by atoms with van der Waals surface area (Å²) in [5, 5.41) is 3.30. The lowest BCUT2D eigenvalue weighted by atomic mass is 10.1. The summed E-state index contributed by atoms with van der Waals surface area (Å²) in [6, 6.07) is 6.33. The third kappa shape index (κ3) is 2.30. The van der Waals surface area contributed by atoms with Crippen LogP contribution in [-0.4, -0.2) is 71.0 Å². The topological polar surface area (TPSA) is 64.3 Å². The molecule has 0 atom stereocenters. The van der Waals surface area contributed by atoms with Gasteiger partial charge in [-0.05, 0) is 18.2 Å². The standard InChI is InChI=1S/C15H19N5O/c21-15(11-1-2-13-14(7-11)18-10-17-13)20-5-3-19(4-6-20)12-8-16-9-12/h1-2,7,10,12,16H,3-6,8-9H2,(H,17,18). The van der Waals surface area contributed by atoms with Crippen LogP contribution < -0.4 is 5.32 Å². The van der Waals surface area contributed by atoms with Gasteiger partial charge in [0.05, 0.1) is 17.4 Å². The van der Waals surface area contributed by atoms with Crippen molar-refractivity contribution in [3.05, 3.63) is 30.1 Å². The minimum absolute atomic E-state index is 0.123. The molecule has 2 N–H and O–H groups in total. The van der Waals surface area contributed by atoms with Gasteiger partial charge in [-0.15, -0.1) is 0 Å². The van der Waals surface area contributed by atoms with E-state index in [4.69, 9.17) is 0 Å². The second-order valence-electron chi connectivity index (χ2n) is 5.77. The van der Waals surface area contributed by atoms with Gasteiger partial charge in [0.2, 0.25) is 0 Å². The minimum atomic E-state index is 0.123. The van der Waals surface area contributed by atoms with E-state index in [1.807, 2.05) is 23.1 Å². The lowest BCUT2D eigenvalue weighted by molar-refractivity contribution is 0.0502. The van der Waals surface area contributed by atoms with Crippen LogP contribution in [0.3, 0.4) is 0 Å². The fourth-order valence-corrected chi connectivity index (χ4v) is 3.07. The third-order valence-electron chi connectivity index (χ3n) is 4.54. The second-order valence-corrected chi connectivity index (χ2v) is 5.77. The number of nitrogens with one attached hydrogen (secondary N) is 2. The molecule has 1 aromatic carbocycles. The van der Waals surface area contributed by atoms with Crippen LogP contribution in [0.2, 0.25) is 0 Å².